The van der Waals surface area contributed by atoms with Crippen molar-refractivity contribution in [2.45, 2.75) is 31.2 Å². The molecule has 1 aromatic heterocycles. The van der Waals surface area contributed by atoms with Crippen LogP contribution in [0.1, 0.15) is 35.7 Å². The lowest BCUT2D eigenvalue weighted by Crippen LogP contribution is -2.25. The smallest absolute Gasteiger partial charge is 0.338 e. The van der Waals surface area contributed by atoms with E-state index in [4.69, 9.17) is 5.11 Å². The zero-order chi connectivity index (χ0) is 11.1. The fourth-order valence-electron chi connectivity index (χ4n) is 1.85. The van der Waals surface area contributed by atoms with E-state index < -0.39 is 17.9 Å². The van der Waals surface area contributed by atoms with Crippen molar-refractivity contribution in [1.29, 1.82) is 0 Å². The molecule has 1 N–H and O–H groups in total. The first kappa shape index (κ1) is 10.1. The molecule has 1 fully saturated rings. The standard InChI is InChI=1S/C9H10F2N2O2/c10-9(11)3-1-2-7(9)13-5-6(4-12-13)8(14)15/h4-5,7H,1-3H2,(H,14,15). The number of halogens is 2. The normalized spacial score (nSPS) is 24.3. The molecule has 6 heteroatoms. The third-order valence-electron chi connectivity index (χ3n) is 2.64. The summed E-state index contributed by atoms with van der Waals surface area (Å²) in [6.45, 7) is 0. The number of hydrogen-bond acceptors (Lipinski definition) is 2. The number of nitrogens with zero attached hydrogens (tertiary/aromatic N) is 2. The van der Waals surface area contributed by atoms with Gasteiger partial charge in [0.05, 0.1) is 11.8 Å². The van der Waals surface area contributed by atoms with Gasteiger partial charge in [-0.15, -0.1) is 0 Å². The molecule has 4 nitrogen and oxygen atoms in total. The largest absolute Gasteiger partial charge is 0.478 e. The topological polar surface area (TPSA) is 55.1 Å². The van der Waals surface area contributed by atoms with Crippen LogP contribution in [0.4, 0.5) is 8.78 Å². The van der Waals surface area contributed by atoms with E-state index in [0.717, 1.165) is 17.1 Å². The second-order valence-corrected chi connectivity index (χ2v) is 3.68. The molecule has 0 aliphatic heterocycles. The van der Waals surface area contributed by atoms with Gasteiger partial charge in [-0.2, -0.15) is 5.10 Å². The van der Waals surface area contributed by atoms with Crippen LogP contribution in [0.2, 0.25) is 0 Å². The SMILES string of the molecule is O=C(O)c1cnn(C2CCCC2(F)F)c1. The number of alkyl halides is 2. The Balaban J connectivity index is 2.26. The molecule has 1 heterocycles. The summed E-state index contributed by atoms with van der Waals surface area (Å²) in [5.41, 5.74) is -0.0577. The summed E-state index contributed by atoms with van der Waals surface area (Å²) >= 11 is 0. The van der Waals surface area contributed by atoms with E-state index >= 15 is 0 Å². The van der Waals surface area contributed by atoms with Gasteiger partial charge in [0.15, 0.2) is 0 Å². The first-order valence-electron chi connectivity index (χ1n) is 4.66. The van der Waals surface area contributed by atoms with Crippen molar-refractivity contribution in [2.24, 2.45) is 0 Å². The molecule has 1 saturated carbocycles. The summed E-state index contributed by atoms with van der Waals surface area (Å²) in [4.78, 5) is 10.5. The highest BCUT2D eigenvalue weighted by molar-refractivity contribution is 5.86. The molecule has 1 unspecified atom stereocenters. The molecule has 0 amide bonds. The number of carboxylic acids is 1. The molecular weight excluding hydrogens is 206 g/mol. The van der Waals surface area contributed by atoms with Gasteiger partial charge >= 0.3 is 5.97 Å². The molecule has 0 saturated heterocycles. The molecule has 0 radical (unpaired) electrons. The Labute approximate surface area is 84.5 Å². The molecule has 0 spiro atoms. The summed E-state index contributed by atoms with van der Waals surface area (Å²) in [5.74, 6) is -3.93. The minimum Gasteiger partial charge on any atom is -0.478 e. The lowest BCUT2D eigenvalue weighted by molar-refractivity contribution is -0.0344. The maximum absolute atomic E-state index is 13.3. The average Bonchev–Trinajstić information content (AvgIpc) is 2.69. The number of carboxylic acid groups (broad SMARTS) is 1. The van der Waals surface area contributed by atoms with E-state index in [9.17, 15) is 13.6 Å². The molecule has 15 heavy (non-hydrogen) atoms. The second-order valence-electron chi connectivity index (χ2n) is 3.68. The van der Waals surface area contributed by atoms with Crippen LogP contribution in [0.5, 0.6) is 0 Å². The van der Waals surface area contributed by atoms with Crippen molar-refractivity contribution < 1.29 is 18.7 Å². The van der Waals surface area contributed by atoms with Gasteiger partial charge in [0.25, 0.3) is 5.92 Å². The maximum Gasteiger partial charge on any atom is 0.338 e. The first-order valence-corrected chi connectivity index (χ1v) is 4.66. The first-order chi connectivity index (χ1) is 7.00. The Morgan fingerprint density at radius 3 is 2.87 bits per heavy atom. The Morgan fingerprint density at radius 2 is 2.40 bits per heavy atom. The van der Waals surface area contributed by atoms with Crippen molar-refractivity contribution in [3.05, 3.63) is 18.0 Å². The van der Waals surface area contributed by atoms with E-state index in [-0.39, 0.29) is 12.0 Å². The van der Waals surface area contributed by atoms with Crippen molar-refractivity contribution in [1.82, 2.24) is 9.78 Å². The highest BCUT2D eigenvalue weighted by atomic mass is 19.3. The lowest BCUT2D eigenvalue weighted by atomic mass is 10.2. The molecule has 1 aliphatic carbocycles. The molecule has 2 rings (SSSR count). The zero-order valence-corrected chi connectivity index (χ0v) is 7.86. The molecule has 82 valence electrons. The number of aromatic carboxylic acids is 1. The van der Waals surface area contributed by atoms with Gasteiger partial charge in [-0.1, -0.05) is 0 Å². The Kier molecular flexibility index (Phi) is 2.21. The highest BCUT2D eigenvalue weighted by Gasteiger charge is 2.45. The number of rotatable bonds is 2. The van der Waals surface area contributed by atoms with Crippen molar-refractivity contribution in [3.63, 3.8) is 0 Å². The summed E-state index contributed by atoms with van der Waals surface area (Å²) in [5, 5.41) is 12.3. The van der Waals surface area contributed by atoms with Gasteiger partial charge in [-0.25, -0.2) is 13.6 Å². The van der Waals surface area contributed by atoms with Crippen LogP contribution in [-0.2, 0) is 0 Å². The Hall–Kier alpha value is -1.46. The maximum atomic E-state index is 13.3. The summed E-state index contributed by atoms with van der Waals surface area (Å²) in [6.07, 6.45) is 2.89. The molecule has 1 atom stereocenters. The Morgan fingerprint density at radius 1 is 1.67 bits per heavy atom. The van der Waals surface area contributed by atoms with Crippen LogP contribution in [0.15, 0.2) is 12.4 Å². The minimum atomic E-state index is -2.78. The monoisotopic (exact) mass is 216 g/mol. The van der Waals surface area contributed by atoms with Gasteiger partial charge in [-0.3, -0.25) is 4.68 Å². The fourth-order valence-corrected chi connectivity index (χ4v) is 1.85. The highest BCUT2D eigenvalue weighted by Crippen LogP contribution is 2.43. The molecule has 1 aromatic rings. The van der Waals surface area contributed by atoms with Crippen molar-refractivity contribution in [3.8, 4) is 0 Å². The van der Waals surface area contributed by atoms with Crippen molar-refractivity contribution >= 4 is 5.97 Å². The molecular formula is C9H10F2N2O2. The number of carbonyl (C=O) groups is 1. The molecule has 1 aliphatic rings. The van der Waals surface area contributed by atoms with Crippen LogP contribution < -0.4 is 0 Å². The third-order valence-corrected chi connectivity index (χ3v) is 2.64. The van der Waals surface area contributed by atoms with Gasteiger partial charge in [0.1, 0.15) is 6.04 Å². The van der Waals surface area contributed by atoms with E-state index in [1.807, 2.05) is 0 Å². The summed E-state index contributed by atoms with van der Waals surface area (Å²) < 4.78 is 27.7. The van der Waals surface area contributed by atoms with E-state index in [1.165, 1.54) is 0 Å². The van der Waals surface area contributed by atoms with Crippen LogP contribution in [-0.4, -0.2) is 26.8 Å². The predicted octanol–water partition coefficient (Wildman–Crippen LogP) is 1.94. The van der Waals surface area contributed by atoms with Crippen LogP contribution in [0.25, 0.3) is 0 Å². The zero-order valence-electron chi connectivity index (χ0n) is 7.86. The Bertz CT molecular complexity index is 389. The van der Waals surface area contributed by atoms with Crippen LogP contribution in [0, 0.1) is 0 Å². The van der Waals surface area contributed by atoms with Crippen molar-refractivity contribution in [2.75, 3.05) is 0 Å². The van der Waals surface area contributed by atoms with E-state index in [0.29, 0.717) is 12.8 Å². The number of aromatic nitrogens is 2. The van der Waals surface area contributed by atoms with Gasteiger partial charge in [0.2, 0.25) is 0 Å². The van der Waals surface area contributed by atoms with E-state index in [1.54, 1.807) is 0 Å². The second kappa shape index (κ2) is 3.29. The summed E-state index contributed by atoms with van der Waals surface area (Å²) in [7, 11) is 0. The third kappa shape index (κ3) is 1.71. The number of hydrogen-bond donors (Lipinski definition) is 1. The average molecular weight is 216 g/mol. The van der Waals surface area contributed by atoms with E-state index in [2.05, 4.69) is 5.10 Å². The fraction of sp³-hybridized carbons (Fsp3) is 0.556. The van der Waals surface area contributed by atoms with Gasteiger partial charge in [0, 0.05) is 12.6 Å². The predicted molar refractivity (Wildman–Crippen MR) is 47.0 cm³/mol. The van der Waals surface area contributed by atoms with Gasteiger partial charge in [-0.05, 0) is 12.8 Å². The van der Waals surface area contributed by atoms with Gasteiger partial charge < -0.3 is 5.11 Å². The molecule has 0 bridgehead atoms. The van der Waals surface area contributed by atoms with Crippen LogP contribution in [0.3, 0.4) is 0 Å². The van der Waals surface area contributed by atoms with Crippen LogP contribution >= 0.6 is 0 Å². The quantitative estimate of drug-likeness (QED) is 0.821. The summed E-state index contributed by atoms with van der Waals surface area (Å²) in [6, 6.07) is -0.995. The minimum absolute atomic E-state index is 0.0577. The molecule has 0 aromatic carbocycles. The lowest BCUT2D eigenvalue weighted by Gasteiger charge is -2.18.